The number of rotatable bonds is 5. The van der Waals surface area contributed by atoms with Crippen LogP contribution in [-0.2, 0) is 20.5 Å². The van der Waals surface area contributed by atoms with Crippen LogP contribution in [0.15, 0.2) is 24.3 Å². The van der Waals surface area contributed by atoms with Gasteiger partial charge in [-0.25, -0.2) is 18.1 Å². The third-order valence-electron chi connectivity index (χ3n) is 2.91. The van der Waals surface area contributed by atoms with E-state index in [0.717, 1.165) is 12.7 Å². The van der Waals surface area contributed by atoms with Crippen molar-refractivity contribution in [3.8, 4) is 0 Å². The van der Waals surface area contributed by atoms with E-state index in [1.807, 2.05) is 13.0 Å². The molecule has 3 unspecified atom stereocenters. The number of hydrogen-bond acceptors (Lipinski definition) is 3. The Kier molecular flexibility index (Phi) is 6.04. The lowest BCUT2D eigenvalue weighted by atomic mass is 10.0. The molecule has 1 aromatic carbocycles. The molecule has 0 aliphatic carbocycles. The fourth-order valence-corrected chi connectivity index (χ4v) is 2.54. The molecule has 0 saturated carbocycles. The van der Waals surface area contributed by atoms with Crippen LogP contribution in [0, 0.1) is 6.92 Å². The van der Waals surface area contributed by atoms with Crippen LogP contribution in [0.5, 0.6) is 0 Å². The largest absolute Gasteiger partial charge is 0.467 e. The lowest BCUT2D eigenvalue weighted by Gasteiger charge is -2.26. The molecule has 0 bridgehead atoms. The first-order chi connectivity index (χ1) is 9.66. The van der Waals surface area contributed by atoms with Crippen molar-refractivity contribution in [2.75, 3.05) is 7.11 Å². The summed E-state index contributed by atoms with van der Waals surface area (Å²) >= 11 is 0. The first kappa shape index (κ1) is 17.8. The summed E-state index contributed by atoms with van der Waals surface area (Å²) < 4.78 is 33.2. The van der Waals surface area contributed by atoms with Gasteiger partial charge >= 0.3 is 5.97 Å². The second-order valence-corrected chi connectivity index (χ2v) is 7.81. The van der Waals surface area contributed by atoms with Crippen LogP contribution in [-0.4, -0.2) is 28.2 Å². The summed E-state index contributed by atoms with van der Waals surface area (Å²) in [5.41, 5.74) is 1.49. The Labute approximate surface area is 127 Å². The Balaban J connectivity index is 3.12. The maximum Gasteiger partial charge on any atom is 0.342 e. The van der Waals surface area contributed by atoms with E-state index in [9.17, 15) is 13.4 Å². The highest BCUT2D eigenvalue weighted by Gasteiger charge is 2.34. The van der Waals surface area contributed by atoms with Crippen LogP contribution in [0.3, 0.4) is 0 Å². The molecule has 1 aromatic rings. The topological polar surface area (TPSA) is 55.4 Å². The Bertz CT molecular complexity index is 528. The van der Waals surface area contributed by atoms with Gasteiger partial charge in [-0.15, -0.1) is 0 Å². The van der Waals surface area contributed by atoms with Crippen molar-refractivity contribution in [1.29, 1.82) is 0 Å². The summed E-state index contributed by atoms with van der Waals surface area (Å²) in [4.78, 5) is 11.5. The molecule has 21 heavy (non-hydrogen) atoms. The third-order valence-corrected chi connectivity index (χ3v) is 4.49. The van der Waals surface area contributed by atoms with Gasteiger partial charge in [-0.3, -0.25) is 0 Å². The number of esters is 1. The number of halogens is 1. The van der Waals surface area contributed by atoms with E-state index in [1.54, 1.807) is 39.0 Å². The van der Waals surface area contributed by atoms with Crippen LogP contribution in [0.4, 0.5) is 4.39 Å². The lowest BCUT2D eigenvalue weighted by Crippen LogP contribution is -2.41. The van der Waals surface area contributed by atoms with Crippen molar-refractivity contribution in [3.05, 3.63) is 35.4 Å². The molecule has 6 heteroatoms. The Hall–Kier alpha value is -1.27. The minimum atomic E-state index is -1.93. The molecule has 118 valence electrons. The molecule has 1 rings (SSSR count). The predicted molar refractivity (Wildman–Crippen MR) is 81.9 cm³/mol. The molecule has 0 aromatic heterocycles. The van der Waals surface area contributed by atoms with Crippen molar-refractivity contribution < 1.29 is 18.1 Å². The normalized spacial score (nSPS) is 16.1. The predicted octanol–water partition coefficient (Wildman–Crippen LogP) is 2.60. The van der Waals surface area contributed by atoms with E-state index >= 15 is 0 Å². The number of alkyl halides is 1. The molecule has 0 heterocycles. The van der Waals surface area contributed by atoms with Crippen molar-refractivity contribution in [2.45, 2.75) is 44.7 Å². The number of benzene rings is 1. The second kappa shape index (κ2) is 7.13. The van der Waals surface area contributed by atoms with E-state index in [1.165, 1.54) is 0 Å². The summed E-state index contributed by atoms with van der Waals surface area (Å²) in [6, 6.07) is 6.07. The van der Waals surface area contributed by atoms with E-state index in [0.29, 0.717) is 5.56 Å². The quantitative estimate of drug-likeness (QED) is 0.850. The van der Waals surface area contributed by atoms with Crippen LogP contribution in [0.1, 0.15) is 37.9 Å². The van der Waals surface area contributed by atoms with Gasteiger partial charge in [-0.05, 0) is 33.3 Å². The zero-order valence-corrected chi connectivity index (χ0v) is 13.8. The molecule has 0 fully saturated rings. The molecule has 0 saturated heterocycles. The summed E-state index contributed by atoms with van der Waals surface area (Å²) in [5, 5.41) is 0. The maximum atomic E-state index is 14.4. The smallest absolute Gasteiger partial charge is 0.342 e. The minimum absolute atomic E-state index is 0.561. The van der Waals surface area contributed by atoms with E-state index < -0.39 is 33.9 Å². The summed E-state index contributed by atoms with van der Waals surface area (Å²) in [5.74, 6) is -0.986. The van der Waals surface area contributed by atoms with Gasteiger partial charge in [0.2, 0.25) is 6.17 Å². The van der Waals surface area contributed by atoms with Gasteiger partial charge in [0.15, 0.2) is 0 Å². The average molecular weight is 315 g/mol. The number of ether oxygens (including phenoxy) is 1. The van der Waals surface area contributed by atoms with Crippen molar-refractivity contribution >= 4 is 17.0 Å². The van der Waals surface area contributed by atoms with Crippen LogP contribution < -0.4 is 4.72 Å². The Morgan fingerprint density at radius 2 is 2.00 bits per heavy atom. The number of carbonyl (C=O) groups excluding carboxylic acids is 1. The van der Waals surface area contributed by atoms with Gasteiger partial charge in [-0.1, -0.05) is 29.8 Å². The van der Waals surface area contributed by atoms with Crippen molar-refractivity contribution in [1.82, 2.24) is 4.72 Å². The minimum Gasteiger partial charge on any atom is -0.467 e. The first-order valence-electron chi connectivity index (χ1n) is 6.63. The highest BCUT2D eigenvalue weighted by Crippen LogP contribution is 2.24. The summed E-state index contributed by atoms with van der Waals surface area (Å²) in [6.07, 6.45) is -1.93. The van der Waals surface area contributed by atoms with E-state index in [-0.39, 0.29) is 0 Å². The van der Waals surface area contributed by atoms with Crippen LogP contribution in [0.2, 0.25) is 0 Å². The zero-order valence-electron chi connectivity index (χ0n) is 13.0. The number of hydrogen-bond donors (Lipinski definition) is 1. The standard InChI is InChI=1S/C15H22FNO3S/c1-10-7-6-8-11(9-10)13(12(16)14(18)20-5)17-21(19)15(2,3)4/h6-9,12-13,17H,1-5H3. The molecule has 0 aliphatic rings. The molecule has 3 atom stereocenters. The number of nitrogens with one attached hydrogen (secondary N) is 1. The van der Waals surface area contributed by atoms with Gasteiger partial charge in [0.1, 0.15) is 0 Å². The average Bonchev–Trinajstić information content (AvgIpc) is 2.41. The van der Waals surface area contributed by atoms with Gasteiger partial charge in [0.05, 0.1) is 28.9 Å². The molecule has 0 spiro atoms. The van der Waals surface area contributed by atoms with Gasteiger partial charge in [0.25, 0.3) is 0 Å². The third kappa shape index (κ3) is 4.89. The summed E-state index contributed by atoms with van der Waals surface area (Å²) in [6.45, 7) is 7.19. The second-order valence-electron chi connectivity index (χ2n) is 5.82. The van der Waals surface area contributed by atoms with Gasteiger partial charge in [0, 0.05) is 0 Å². The van der Waals surface area contributed by atoms with Crippen LogP contribution >= 0.6 is 0 Å². The fourth-order valence-electron chi connectivity index (χ4n) is 1.70. The zero-order chi connectivity index (χ0) is 16.2. The maximum absolute atomic E-state index is 14.4. The van der Waals surface area contributed by atoms with Gasteiger partial charge < -0.3 is 4.74 Å². The first-order valence-corrected chi connectivity index (χ1v) is 7.78. The molecular weight excluding hydrogens is 293 g/mol. The monoisotopic (exact) mass is 315 g/mol. The summed E-state index contributed by atoms with van der Waals surface area (Å²) in [7, 11) is -0.383. The van der Waals surface area contributed by atoms with Gasteiger partial charge in [-0.2, -0.15) is 0 Å². The number of aryl methyl sites for hydroxylation is 1. The Morgan fingerprint density at radius 3 is 2.48 bits per heavy atom. The molecule has 0 amide bonds. The van der Waals surface area contributed by atoms with E-state index in [2.05, 4.69) is 9.46 Å². The van der Waals surface area contributed by atoms with Crippen molar-refractivity contribution in [3.63, 3.8) is 0 Å². The molecule has 4 nitrogen and oxygen atoms in total. The highest BCUT2D eigenvalue weighted by molar-refractivity contribution is 7.84. The van der Waals surface area contributed by atoms with Crippen LogP contribution in [0.25, 0.3) is 0 Å². The molecule has 1 N–H and O–H groups in total. The lowest BCUT2D eigenvalue weighted by molar-refractivity contribution is -0.147. The van der Waals surface area contributed by atoms with E-state index in [4.69, 9.17) is 0 Å². The molecule has 0 aliphatic heterocycles. The SMILES string of the molecule is COC(=O)C(F)C(NS(=O)C(C)(C)C)c1cccc(C)c1. The molecule has 0 radical (unpaired) electrons. The highest BCUT2D eigenvalue weighted by atomic mass is 32.2. The Morgan fingerprint density at radius 1 is 1.38 bits per heavy atom. The number of methoxy groups -OCH3 is 1. The van der Waals surface area contributed by atoms with Crippen molar-refractivity contribution in [2.24, 2.45) is 0 Å². The molecular formula is C15H22FNO3S. The number of carbonyl (C=O) groups is 1. The fraction of sp³-hybridized carbons (Fsp3) is 0.533.